The van der Waals surface area contributed by atoms with Gasteiger partial charge in [-0.1, -0.05) is 32.0 Å². The summed E-state index contributed by atoms with van der Waals surface area (Å²) in [4.78, 5) is 26.9. The number of hydrogen-bond acceptors (Lipinski definition) is 3. The lowest BCUT2D eigenvalue weighted by Gasteiger charge is -2.27. The first kappa shape index (κ1) is 19.9. The molecule has 1 fully saturated rings. The highest BCUT2D eigenvalue weighted by Crippen LogP contribution is 2.47. The molecule has 28 heavy (non-hydrogen) atoms. The van der Waals surface area contributed by atoms with Crippen LogP contribution < -0.4 is 5.32 Å². The molecule has 0 spiro atoms. The van der Waals surface area contributed by atoms with E-state index in [1.165, 1.54) is 6.08 Å². The normalized spacial score (nSPS) is 19.4. The van der Waals surface area contributed by atoms with Crippen LogP contribution in [0.1, 0.15) is 51.1 Å². The maximum atomic E-state index is 12.7. The van der Waals surface area contributed by atoms with Gasteiger partial charge in [0, 0.05) is 24.2 Å². The van der Waals surface area contributed by atoms with E-state index in [4.69, 9.17) is 4.42 Å². The Kier molecular flexibility index (Phi) is 6.34. The highest BCUT2D eigenvalue weighted by Gasteiger charge is 2.36. The molecule has 1 N–H and O–H groups in total. The van der Waals surface area contributed by atoms with E-state index in [2.05, 4.69) is 12.2 Å². The minimum atomic E-state index is -0.572. The van der Waals surface area contributed by atoms with E-state index in [1.54, 1.807) is 17.9 Å². The molecule has 1 aliphatic carbocycles. The Balaban J connectivity index is 1.63. The number of carbonyl (C=O) groups is 2. The summed E-state index contributed by atoms with van der Waals surface area (Å²) < 4.78 is 5.82. The summed E-state index contributed by atoms with van der Waals surface area (Å²) in [6.07, 6.45) is 5.10. The number of rotatable bonds is 8. The third kappa shape index (κ3) is 4.91. The molecule has 3 rings (SSSR count). The number of anilines is 1. The van der Waals surface area contributed by atoms with Crippen molar-refractivity contribution >= 4 is 23.6 Å². The standard InChI is InChI=1S/C23H28N2O3/c1-4-14-25(17(3)23(27)24-18-8-6-5-7-9-18)22(26)13-11-19-10-12-21(28-19)20-15-16(20)2/h5-13,16-17,20H,4,14-15H2,1-3H3,(H,24,27)/b13-11+. The quantitative estimate of drug-likeness (QED) is 0.676. The van der Waals surface area contributed by atoms with Crippen molar-refractivity contribution in [2.24, 2.45) is 5.92 Å². The Morgan fingerprint density at radius 1 is 1.25 bits per heavy atom. The van der Waals surface area contributed by atoms with Gasteiger partial charge in [0.2, 0.25) is 11.8 Å². The van der Waals surface area contributed by atoms with Gasteiger partial charge in [-0.3, -0.25) is 9.59 Å². The second-order valence-corrected chi connectivity index (χ2v) is 7.46. The fraction of sp³-hybridized carbons (Fsp3) is 0.391. The number of benzene rings is 1. The summed E-state index contributed by atoms with van der Waals surface area (Å²) in [5.41, 5.74) is 0.719. The molecular formula is C23H28N2O3. The van der Waals surface area contributed by atoms with Crippen LogP contribution in [0.2, 0.25) is 0 Å². The Morgan fingerprint density at radius 3 is 2.61 bits per heavy atom. The molecule has 1 aromatic heterocycles. The SMILES string of the molecule is CCCN(C(=O)/C=C/c1ccc(C2CC2C)o1)C(C)C(=O)Nc1ccccc1. The zero-order valence-electron chi connectivity index (χ0n) is 16.7. The number of nitrogens with zero attached hydrogens (tertiary/aromatic N) is 1. The lowest BCUT2D eigenvalue weighted by molar-refractivity contribution is -0.134. The summed E-state index contributed by atoms with van der Waals surface area (Å²) in [6, 6.07) is 12.6. The largest absolute Gasteiger partial charge is 0.461 e. The lowest BCUT2D eigenvalue weighted by atomic mass is 10.2. The van der Waals surface area contributed by atoms with Crippen LogP contribution in [0.25, 0.3) is 6.08 Å². The van der Waals surface area contributed by atoms with E-state index in [0.717, 1.165) is 24.3 Å². The molecule has 3 unspecified atom stereocenters. The van der Waals surface area contributed by atoms with Gasteiger partial charge in [0.15, 0.2) is 0 Å². The molecule has 1 aliphatic rings. The molecule has 0 aliphatic heterocycles. The third-order valence-electron chi connectivity index (χ3n) is 5.15. The average Bonchev–Trinajstić information content (AvgIpc) is 3.24. The molecule has 1 heterocycles. The Labute approximate surface area is 166 Å². The summed E-state index contributed by atoms with van der Waals surface area (Å²) in [5.74, 6) is 2.44. The average molecular weight is 380 g/mol. The molecule has 0 radical (unpaired) electrons. The van der Waals surface area contributed by atoms with Crippen molar-refractivity contribution in [3.8, 4) is 0 Å². The number of carbonyl (C=O) groups excluding carboxylic acids is 2. The molecule has 5 nitrogen and oxygen atoms in total. The molecule has 148 valence electrons. The van der Waals surface area contributed by atoms with Crippen LogP contribution in [0.5, 0.6) is 0 Å². The summed E-state index contributed by atoms with van der Waals surface area (Å²) in [7, 11) is 0. The first-order chi connectivity index (χ1) is 13.5. The molecule has 2 amide bonds. The molecule has 5 heteroatoms. The second kappa shape index (κ2) is 8.91. The maximum absolute atomic E-state index is 12.7. The Hall–Kier alpha value is -2.82. The molecule has 3 atom stereocenters. The zero-order chi connectivity index (χ0) is 20.1. The topological polar surface area (TPSA) is 62.6 Å². The molecule has 1 saturated carbocycles. The highest BCUT2D eigenvalue weighted by atomic mass is 16.3. The summed E-state index contributed by atoms with van der Waals surface area (Å²) >= 11 is 0. The van der Waals surface area contributed by atoms with Gasteiger partial charge in [0.1, 0.15) is 17.6 Å². The van der Waals surface area contributed by atoms with Crippen LogP contribution in [-0.2, 0) is 9.59 Å². The van der Waals surface area contributed by atoms with Gasteiger partial charge < -0.3 is 14.6 Å². The van der Waals surface area contributed by atoms with Crippen molar-refractivity contribution in [2.75, 3.05) is 11.9 Å². The first-order valence-corrected chi connectivity index (χ1v) is 9.94. The first-order valence-electron chi connectivity index (χ1n) is 9.94. The maximum Gasteiger partial charge on any atom is 0.247 e. The van der Waals surface area contributed by atoms with Crippen molar-refractivity contribution < 1.29 is 14.0 Å². The lowest BCUT2D eigenvalue weighted by Crippen LogP contribution is -2.45. The van der Waals surface area contributed by atoms with Crippen LogP contribution in [0.4, 0.5) is 5.69 Å². The molecule has 0 saturated heterocycles. The number of furan rings is 1. The monoisotopic (exact) mass is 380 g/mol. The van der Waals surface area contributed by atoms with Crippen molar-refractivity contribution in [3.05, 3.63) is 60.1 Å². The minimum absolute atomic E-state index is 0.199. The van der Waals surface area contributed by atoms with Gasteiger partial charge in [-0.05, 0) is 56.0 Å². The van der Waals surface area contributed by atoms with Gasteiger partial charge in [0.05, 0.1) is 0 Å². The van der Waals surface area contributed by atoms with E-state index in [-0.39, 0.29) is 11.8 Å². The predicted octanol–water partition coefficient (Wildman–Crippen LogP) is 4.68. The van der Waals surface area contributed by atoms with Gasteiger partial charge in [-0.15, -0.1) is 0 Å². The Bertz CT molecular complexity index is 841. The molecule has 1 aromatic carbocycles. The van der Waals surface area contributed by atoms with Crippen molar-refractivity contribution in [1.82, 2.24) is 4.90 Å². The number of para-hydroxylation sites is 1. The van der Waals surface area contributed by atoms with Crippen molar-refractivity contribution in [1.29, 1.82) is 0 Å². The van der Waals surface area contributed by atoms with Crippen LogP contribution >= 0.6 is 0 Å². The fourth-order valence-electron chi connectivity index (χ4n) is 3.27. The predicted molar refractivity (Wildman–Crippen MR) is 111 cm³/mol. The number of hydrogen-bond donors (Lipinski definition) is 1. The summed E-state index contributed by atoms with van der Waals surface area (Å²) in [5, 5.41) is 2.86. The smallest absolute Gasteiger partial charge is 0.247 e. The van der Waals surface area contributed by atoms with Crippen LogP contribution in [0.3, 0.4) is 0 Å². The Morgan fingerprint density at radius 2 is 1.96 bits per heavy atom. The highest BCUT2D eigenvalue weighted by molar-refractivity contribution is 5.99. The minimum Gasteiger partial charge on any atom is -0.461 e. The van der Waals surface area contributed by atoms with Crippen LogP contribution in [0, 0.1) is 5.92 Å². The van der Waals surface area contributed by atoms with Crippen LogP contribution in [-0.4, -0.2) is 29.3 Å². The van der Waals surface area contributed by atoms with E-state index in [9.17, 15) is 9.59 Å². The second-order valence-electron chi connectivity index (χ2n) is 7.46. The van der Waals surface area contributed by atoms with Crippen molar-refractivity contribution in [3.63, 3.8) is 0 Å². The molecular weight excluding hydrogens is 352 g/mol. The molecule has 2 aromatic rings. The number of nitrogens with one attached hydrogen (secondary N) is 1. The van der Waals surface area contributed by atoms with Crippen LogP contribution in [0.15, 0.2) is 53.0 Å². The van der Waals surface area contributed by atoms with E-state index in [1.807, 2.05) is 49.4 Å². The third-order valence-corrected chi connectivity index (χ3v) is 5.15. The van der Waals surface area contributed by atoms with Crippen molar-refractivity contribution in [2.45, 2.75) is 45.6 Å². The van der Waals surface area contributed by atoms with E-state index in [0.29, 0.717) is 24.1 Å². The van der Waals surface area contributed by atoms with Gasteiger partial charge in [0.25, 0.3) is 0 Å². The van der Waals surface area contributed by atoms with E-state index >= 15 is 0 Å². The zero-order valence-corrected chi connectivity index (χ0v) is 16.7. The summed E-state index contributed by atoms with van der Waals surface area (Å²) in [6.45, 7) is 6.45. The molecule has 0 bridgehead atoms. The van der Waals surface area contributed by atoms with E-state index < -0.39 is 6.04 Å². The fourth-order valence-corrected chi connectivity index (χ4v) is 3.27. The van der Waals surface area contributed by atoms with Gasteiger partial charge in [-0.25, -0.2) is 0 Å². The van der Waals surface area contributed by atoms with Gasteiger partial charge >= 0.3 is 0 Å². The van der Waals surface area contributed by atoms with Gasteiger partial charge in [-0.2, -0.15) is 0 Å². The number of amides is 2.